The highest BCUT2D eigenvalue weighted by molar-refractivity contribution is 5.95. The van der Waals surface area contributed by atoms with Gasteiger partial charge in [0.1, 0.15) is 18.1 Å². The minimum absolute atomic E-state index is 0.0711. The van der Waals surface area contributed by atoms with Gasteiger partial charge >= 0.3 is 17.9 Å². The summed E-state index contributed by atoms with van der Waals surface area (Å²) < 4.78 is 0. The van der Waals surface area contributed by atoms with Gasteiger partial charge in [-0.1, -0.05) is 0 Å². The quantitative estimate of drug-likeness (QED) is 0.0493. The zero-order chi connectivity index (χ0) is 28.0. The number of carbonyl (C=O) groups excluding carboxylic acids is 3. The van der Waals surface area contributed by atoms with E-state index >= 15 is 0 Å². The molecule has 0 saturated heterocycles. The molecule has 36 heavy (non-hydrogen) atoms. The molecule has 0 aliphatic heterocycles. The number of carboxylic acids is 3. The van der Waals surface area contributed by atoms with Crippen LogP contribution in [0.2, 0.25) is 0 Å². The molecule has 0 bridgehead atoms. The van der Waals surface area contributed by atoms with Crippen LogP contribution >= 0.6 is 0 Å². The number of hydrogen-bond acceptors (Lipinski definition) is 9. The third kappa shape index (κ3) is 13.0. The predicted octanol–water partition coefficient (Wildman–Crippen LogP) is -4.37. The molecule has 5 unspecified atom stereocenters. The van der Waals surface area contributed by atoms with Crippen LogP contribution in [0, 0.1) is 0 Å². The van der Waals surface area contributed by atoms with Crippen LogP contribution in [0.3, 0.4) is 0 Å². The SMILES string of the molecule is CC(O)C(NC(=O)C(N)CCC(=O)O)C(=O)NC(CC(=O)O)C(=O)NC(CCCN=C(N)N)C(=O)O. The molecule has 0 aromatic heterocycles. The van der Waals surface area contributed by atoms with Crippen molar-refractivity contribution in [1.82, 2.24) is 16.0 Å². The number of carboxylic acid groups (broad SMARTS) is 3. The molecule has 0 aliphatic carbocycles. The Morgan fingerprint density at radius 2 is 1.42 bits per heavy atom. The van der Waals surface area contributed by atoms with E-state index in [9.17, 15) is 39.0 Å². The number of aliphatic imine (C=N–C) groups is 1. The Bertz CT molecular complexity index is 844. The van der Waals surface area contributed by atoms with Gasteiger partial charge in [0.05, 0.1) is 18.6 Å². The van der Waals surface area contributed by atoms with Crippen molar-refractivity contribution in [3.8, 4) is 0 Å². The molecule has 0 saturated carbocycles. The van der Waals surface area contributed by atoms with Crippen LogP contribution in [0.1, 0.15) is 39.0 Å². The maximum atomic E-state index is 12.7. The maximum Gasteiger partial charge on any atom is 0.326 e. The van der Waals surface area contributed by atoms with Crippen molar-refractivity contribution in [3.63, 3.8) is 0 Å². The lowest BCUT2D eigenvalue weighted by atomic mass is 10.1. The number of carbonyl (C=O) groups is 6. The van der Waals surface area contributed by atoms with Crippen LogP contribution in [-0.2, 0) is 28.8 Å². The van der Waals surface area contributed by atoms with Gasteiger partial charge in [-0.05, 0) is 26.2 Å². The van der Waals surface area contributed by atoms with Gasteiger partial charge < -0.3 is 53.6 Å². The van der Waals surface area contributed by atoms with E-state index in [1.807, 2.05) is 0 Å². The molecular weight excluding hydrogens is 486 g/mol. The summed E-state index contributed by atoms with van der Waals surface area (Å²) in [5, 5.41) is 43.3. The number of aliphatic carboxylic acids is 3. The van der Waals surface area contributed by atoms with Crippen LogP contribution in [0.4, 0.5) is 0 Å². The molecule has 0 rings (SSSR count). The number of guanidine groups is 1. The summed E-state index contributed by atoms with van der Waals surface area (Å²) in [6.45, 7) is 1.19. The molecule has 0 fully saturated rings. The summed E-state index contributed by atoms with van der Waals surface area (Å²) in [5.74, 6) is -7.64. The molecule has 13 N–H and O–H groups in total. The second-order valence-electron chi connectivity index (χ2n) is 7.77. The molecule has 0 aromatic carbocycles. The summed E-state index contributed by atoms with van der Waals surface area (Å²) in [7, 11) is 0. The normalized spacial score (nSPS) is 14.8. The van der Waals surface area contributed by atoms with E-state index in [0.717, 1.165) is 6.92 Å². The Kier molecular flexibility index (Phi) is 14.1. The average Bonchev–Trinajstić information content (AvgIpc) is 2.75. The molecule has 0 spiro atoms. The van der Waals surface area contributed by atoms with E-state index < -0.39 is 78.7 Å². The monoisotopic (exact) mass is 519 g/mol. The van der Waals surface area contributed by atoms with Crippen molar-refractivity contribution in [2.75, 3.05) is 6.54 Å². The van der Waals surface area contributed by atoms with Gasteiger partial charge in [-0.15, -0.1) is 0 Å². The number of hydrogen-bond donors (Lipinski definition) is 10. The van der Waals surface area contributed by atoms with Crippen molar-refractivity contribution in [1.29, 1.82) is 0 Å². The van der Waals surface area contributed by atoms with Crippen LogP contribution in [0.15, 0.2) is 4.99 Å². The smallest absolute Gasteiger partial charge is 0.326 e. The average molecular weight is 520 g/mol. The highest BCUT2D eigenvalue weighted by Gasteiger charge is 2.33. The number of aliphatic hydroxyl groups excluding tert-OH is 1. The second kappa shape index (κ2) is 15.8. The maximum absolute atomic E-state index is 12.7. The molecule has 204 valence electrons. The minimum atomic E-state index is -1.77. The summed E-state index contributed by atoms with van der Waals surface area (Å²) in [5.41, 5.74) is 15.9. The first kappa shape index (κ1) is 32.0. The Labute approximate surface area is 205 Å². The van der Waals surface area contributed by atoms with E-state index in [1.54, 1.807) is 0 Å². The minimum Gasteiger partial charge on any atom is -0.481 e. The highest BCUT2D eigenvalue weighted by atomic mass is 16.4. The molecule has 0 radical (unpaired) electrons. The molecule has 0 heterocycles. The van der Waals surface area contributed by atoms with Gasteiger partial charge in [-0.3, -0.25) is 29.0 Å². The summed E-state index contributed by atoms with van der Waals surface area (Å²) >= 11 is 0. The lowest BCUT2D eigenvalue weighted by Crippen LogP contribution is -2.60. The number of amides is 3. The molecule has 3 amide bonds. The van der Waals surface area contributed by atoms with E-state index in [-0.39, 0.29) is 31.8 Å². The summed E-state index contributed by atoms with van der Waals surface area (Å²) in [6.07, 6.45) is -3.14. The summed E-state index contributed by atoms with van der Waals surface area (Å²) in [6, 6.07) is -6.25. The van der Waals surface area contributed by atoms with Gasteiger partial charge in [-0.25, -0.2) is 4.79 Å². The van der Waals surface area contributed by atoms with Crippen LogP contribution in [0.5, 0.6) is 0 Å². The van der Waals surface area contributed by atoms with Crippen LogP contribution < -0.4 is 33.2 Å². The van der Waals surface area contributed by atoms with Crippen LogP contribution in [0.25, 0.3) is 0 Å². The number of aliphatic hydroxyl groups is 1. The number of nitrogens with two attached hydrogens (primary N) is 3. The fourth-order valence-corrected chi connectivity index (χ4v) is 2.75. The fourth-order valence-electron chi connectivity index (χ4n) is 2.75. The lowest BCUT2D eigenvalue weighted by molar-refractivity contribution is -0.144. The topological polar surface area (TPSA) is 310 Å². The number of nitrogens with zero attached hydrogens (tertiary/aromatic N) is 1. The van der Waals surface area contributed by atoms with Crippen molar-refractivity contribution in [2.45, 2.75) is 69.3 Å². The molecule has 0 aliphatic rings. The van der Waals surface area contributed by atoms with Crippen molar-refractivity contribution < 1.29 is 49.2 Å². The lowest BCUT2D eigenvalue weighted by Gasteiger charge is -2.26. The van der Waals surface area contributed by atoms with Gasteiger partial charge in [0.15, 0.2) is 5.96 Å². The molecular formula is C19H33N7O10. The van der Waals surface area contributed by atoms with Gasteiger partial charge in [0.2, 0.25) is 17.7 Å². The fraction of sp³-hybridized carbons (Fsp3) is 0.632. The summed E-state index contributed by atoms with van der Waals surface area (Å²) in [4.78, 5) is 74.4. The Balaban J connectivity index is 5.40. The van der Waals surface area contributed by atoms with Crippen molar-refractivity contribution in [3.05, 3.63) is 0 Å². The second-order valence-corrected chi connectivity index (χ2v) is 7.77. The van der Waals surface area contributed by atoms with Crippen molar-refractivity contribution in [2.24, 2.45) is 22.2 Å². The first-order chi connectivity index (χ1) is 16.6. The highest BCUT2D eigenvalue weighted by Crippen LogP contribution is 2.04. The van der Waals surface area contributed by atoms with E-state index in [0.29, 0.717) is 0 Å². The first-order valence-electron chi connectivity index (χ1n) is 10.7. The van der Waals surface area contributed by atoms with Gasteiger partial charge in [0, 0.05) is 13.0 Å². The standard InChI is InChI=1S/C19H33N7O10/c1-8(27)14(26-15(32)9(20)4-5-12(28)29)17(34)25-11(7-13(30)31)16(33)24-10(18(35)36)3-2-6-23-19(21)22/h8-11,14,27H,2-7,20H2,1H3,(H,24,33)(H,25,34)(H,26,32)(H,28,29)(H,30,31)(H,35,36)(H4,21,22,23). The number of nitrogens with one attached hydrogen (secondary N) is 3. The third-order valence-electron chi connectivity index (χ3n) is 4.64. The molecule has 17 heteroatoms. The zero-order valence-corrected chi connectivity index (χ0v) is 19.5. The Morgan fingerprint density at radius 1 is 0.833 bits per heavy atom. The molecule has 0 aromatic rings. The molecule has 5 atom stereocenters. The van der Waals surface area contributed by atoms with E-state index in [4.69, 9.17) is 27.4 Å². The van der Waals surface area contributed by atoms with E-state index in [1.165, 1.54) is 0 Å². The predicted molar refractivity (Wildman–Crippen MR) is 122 cm³/mol. The Hall–Kier alpha value is -3.99. The first-order valence-corrected chi connectivity index (χ1v) is 10.7. The Morgan fingerprint density at radius 3 is 1.89 bits per heavy atom. The van der Waals surface area contributed by atoms with Gasteiger partial charge in [0.25, 0.3) is 0 Å². The van der Waals surface area contributed by atoms with Crippen LogP contribution in [-0.4, -0.2) is 98.8 Å². The largest absolute Gasteiger partial charge is 0.481 e. The van der Waals surface area contributed by atoms with Gasteiger partial charge in [-0.2, -0.15) is 0 Å². The molecule has 17 nitrogen and oxygen atoms in total. The third-order valence-corrected chi connectivity index (χ3v) is 4.64. The van der Waals surface area contributed by atoms with Crippen molar-refractivity contribution >= 4 is 41.6 Å². The zero-order valence-electron chi connectivity index (χ0n) is 19.5. The number of rotatable bonds is 17. The van der Waals surface area contributed by atoms with E-state index in [2.05, 4.69) is 20.9 Å².